The van der Waals surface area contributed by atoms with Crippen LogP contribution < -0.4 is 42.4 Å². The lowest BCUT2D eigenvalue weighted by Gasteiger charge is -2.37. The number of nitrogens with one attached hydrogen (secondary N) is 4. The van der Waals surface area contributed by atoms with Gasteiger partial charge in [-0.3, -0.25) is 43.3 Å². The summed E-state index contributed by atoms with van der Waals surface area (Å²) in [5, 5.41) is 12.8. The van der Waals surface area contributed by atoms with Crippen molar-refractivity contribution in [2.45, 2.75) is 77.2 Å². The summed E-state index contributed by atoms with van der Waals surface area (Å²) in [5.41, 5.74) is 10.0. The number of para-hydroxylation sites is 2. The number of aromatic nitrogens is 3. The van der Waals surface area contributed by atoms with E-state index in [0.717, 1.165) is 39.2 Å². The first kappa shape index (κ1) is 60.0. The molecule has 0 aliphatic carbocycles. The van der Waals surface area contributed by atoms with Crippen LogP contribution in [0.4, 0.5) is 29.3 Å². The number of rotatable bonds is 19. The third-order valence-corrected chi connectivity index (χ3v) is 15.6. The van der Waals surface area contributed by atoms with Gasteiger partial charge >= 0.3 is 12.2 Å². The predicted molar refractivity (Wildman–Crippen MR) is 326 cm³/mol. The summed E-state index contributed by atoms with van der Waals surface area (Å²) in [4.78, 5) is 108. The zero-order valence-corrected chi connectivity index (χ0v) is 48.0. The van der Waals surface area contributed by atoms with Crippen LogP contribution in [0.3, 0.4) is 0 Å². The van der Waals surface area contributed by atoms with Crippen molar-refractivity contribution in [2.75, 3.05) is 49.1 Å². The van der Waals surface area contributed by atoms with Crippen molar-refractivity contribution in [3.8, 4) is 28.7 Å². The molecule has 21 heteroatoms. The zero-order chi connectivity index (χ0) is 61.4. The monoisotopic (exact) mass is 1180 g/mol. The van der Waals surface area contributed by atoms with Crippen molar-refractivity contribution in [3.63, 3.8) is 0 Å². The molecule has 1 saturated heterocycles. The third-order valence-electron chi connectivity index (χ3n) is 15.6. The second-order valence-corrected chi connectivity index (χ2v) is 21.9. The Hall–Kier alpha value is -10.1. The van der Waals surface area contributed by atoms with E-state index in [2.05, 4.69) is 43.1 Å². The summed E-state index contributed by atoms with van der Waals surface area (Å²) < 4.78 is 46.8. The van der Waals surface area contributed by atoms with Gasteiger partial charge in [-0.15, -0.1) is 0 Å². The number of fused-ring (bicyclic) bond motifs is 6. The molecule has 7 amide bonds. The lowest BCUT2D eigenvalue weighted by Crippen LogP contribution is -2.55. The summed E-state index contributed by atoms with van der Waals surface area (Å²) in [6.07, 6.45) is -1.31. The van der Waals surface area contributed by atoms with Crippen molar-refractivity contribution in [1.82, 2.24) is 40.7 Å². The maximum absolute atomic E-state index is 15.2. The molecule has 2 aliphatic rings. The Kier molecular flexibility index (Phi) is 18.2. The fourth-order valence-corrected chi connectivity index (χ4v) is 11.1. The van der Waals surface area contributed by atoms with Crippen molar-refractivity contribution >= 4 is 79.7 Å². The SMILES string of the molecule is CC(C)[C@H](NC(=O)CCCC(=O)N1CCN(c2ccc(-n3c(=O)ccc4cnc5ccc(-c6cnc7ccccc7c6)cc5c43)cc2C(F)(F)F)CC1)C(=O)N[C@@H](CCCNC(N)=O)C(=O)NCCC(=O)N1Cc2ccccc2C#Cc2ccccc21. The Morgan fingerprint density at radius 3 is 2.17 bits per heavy atom. The summed E-state index contributed by atoms with van der Waals surface area (Å²) in [6.45, 7) is 4.12. The molecule has 0 saturated carbocycles. The number of nitrogens with zero attached hydrogens (tertiary/aromatic N) is 6. The van der Waals surface area contributed by atoms with E-state index in [9.17, 15) is 33.6 Å². The number of piperazine rings is 1. The molecule has 6 N–H and O–H groups in total. The van der Waals surface area contributed by atoms with Crippen LogP contribution in [0.25, 0.3) is 49.5 Å². The van der Waals surface area contributed by atoms with Crippen molar-refractivity contribution in [1.29, 1.82) is 0 Å². The molecule has 0 unspecified atom stereocenters. The lowest BCUT2D eigenvalue weighted by molar-refractivity contribution is -0.137. The maximum Gasteiger partial charge on any atom is 0.418 e. The molecular formula is C66H64F3N11O7. The van der Waals surface area contributed by atoms with E-state index in [1.54, 1.807) is 47.0 Å². The fourth-order valence-electron chi connectivity index (χ4n) is 11.1. The number of primary amides is 1. The molecule has 10 rings (SSSR count). The highest BCUT2D eigenvalue weighted by Crippen LogP contribution is 2.39. The number of nitrogens with two attached hydrogens (primary N) is 1. The Morgan fingerprint density at radius 1 is 0.655 bits per heavy atom. The number of benzene rings is 5. The summed E-state index contributed by atoms with van der Waals surface area (Å²) >= 11 is 0. The topological polar surface area (TPSA) is 234 Å². The highest BCUT2D eigenvalue weighted by molar-refractivity contribution is 6.06. The number of hydrogen-bond donors (Lipinski definition) is 5. The van der Waals surface area contributed by atoms with Crippen LogP contribution in [-0.4, -0.2) is 106 Å². The van der Waals surface area contributed by atoms with Crippen molar-refractivity contribution in [2.24, 2.45) is 11.7 Å². The van der Waals surface area contributed by atoms with Crippen molar-refractivity contribution in [3.05, 3.63) is 172 Å². The van der Waals surface area contributed by atoms with Crippen LogP contribution in [0.2, 0.25) is 0 Å². The number of alkyl halides is 3. The number of carbonyl (C=O) groups is 6. The molecule has 2 aliphatic heterocycles. The second-order valence-electron chi connectivity index (χ2n) is 21.9. The molecule has 2 atom stereocenters. The van der Waals surface area contributed by atoms with Crippen LogP contribution in [-0.2, 0) is 36.7 Å². The van der Waals surface area contributed by atoms with Gasteiger partial charge in [-0.05, 0) is 103 Å². The van der Waals surface area contributed by atoms with Gasteiger partial charge in [0.2, 0.25) is 29.5 Å². The van der Waals surface area contributed by atoms with Gasteiger partial charge in [-0.25, -0.2) is 4.79 Å². The fraction of sp³-hybridized carbons (Fsp3) is 0.288. The minimum absolute atomic E-state index is 0.0137. The number of amides is 7. The zero-order valence-electron chi connectivity index (χ0n) is 48.0. The Balaban J connectivity index is 0.741. The number of carbonyl (C=O) groups excluding carboxylic acids is 6. The number of hydrogen-bond acceptors (Lipinski definition) is 10. The minimum atomic E-state index is -4.82. The highest BCUT2D eigenvalue weighted by Gasteiger charge is 2.37. The van der Waals surface area contributed by atoms with Gasteiger partial charge in [0.05, 0.1) is 40.0 Å². The molecule has 0 radical (unpaired) electrons. The molecular weight excluding hydrogens is 1120 g/mol. The molecule has 5 aromatic carbocycles. The van der Waals surface area contributed by atoms with E-state index in [0.29, 0.717) is 33.1 Å². The van der Waals surface area contributed by atoms with Gasteiger partial charge in [-0.2, -0.15) is 13.2 Å². The molecule has 0 bridgehead atoms. The normalized spacial score (nSPS) is 13.8. The molecule has 8 aromatic rings. The first-order chi connectivity index (χ1) is 41.9. The van der Waals surface area contributed by atoms with E-state index >= 15 is 13.2 Å². The van der Waals surface area contributed by atoms with Gasteiger partial charge in [0.15, 0.2) is 0 Å². The van der Waals surface area contributed by atoms with Gasteiger partial charge in [0.25, 0.3) is 5.56 Å². The average Bonchev–Trinajstić information content (AvgIpc) is 3.14. The van der Waals surface area contributed by atoms with E-state index in [-0.39, 0.29) is 108 Å². The van der Waals surface area contributed by atoms with Gasteiger partial charge in [0, 0.05) is 116 Å². The molecule has 5 heterocycles. The van der Waals surface area contributed by atoms with Crippen LogP contribution in [0.1, 0.15) is 74.6 Å². The quantitative estimate of drug-likeness (QED) is 0.0296. The summed E-state index contributed by atoms with van der Waals surface area (Å²) in [6, 6.07) is 33.9. The first-order valence-electron chi connectivity index (χ1n) is 28.8. The largest absolute Gasteiger partial charge is 0.418 e. The van der Waals surface area contributed by atoms with Crippen LogP contribution in [0.5, 0.6) is 0 Å². The van der Waals surface area contributed by atoms with Crippen LogP contribution >= 0.6 is 0 Å². The molecule has 1 fully saturated rings. The lowest BCUT2D eigenvalue weighted by atomic mass is 10.0. The maximum atomic E-state index is 15.2. The van der Waals surface area contributed by atoms with Crippen LogP contribution in [0, 0.1) is 17.8 Å². The molecule has 18 nitrogen and oxygen atoms in total. The van der Waals surface area contributed by atoms with E-state index < -0.39 is 59.1 Å². The molecule has 87 heavy (non-hydrogen) atoms. The molecule has 0 spiro atoms. The summed E-state index contributed by atoms with van der Waals surface area (Å²) in [5.74, 6) is 3.60. The highest BCUT2D eigenvalue weighted by atomic mass is 19.4. The number of pyridine rings is 3. The van der Waals surface area contributed by atoms with E-state index in [1.165, 1.54) is 22.8 Å². The Labute approximate surface area is 499 Å². The molecule has 446 valence electrons. The predicted octanol–water partition coefficient (Wildman–Crippen LogP) is 8.12. The smallest absolute Gasteiger partial charge is 0.367 e. The third kappa shape index (κ3) is 14.0. The second kappa shape index (κ2) is 26.4. The first-order valence-corrected chi connectivity index (χ1v) is 28.8. The van der Waals surface area contributed by atoms with E-state index in [1.807, 2.05) is 97.1 Å². The van der Waals surface area contributed by atoms with Gasteiger partial charge in [-0.1, -0.05) is 80.3 Å². The average molecular weight is 1180 g/mol. The minimum Gasteiger partial charge on any atom is -0.367 e. The Morgan fingerprint density at radius 2 is 1.39 bits per heavy atom. The number of halogens is 3. The summed E-state index contributed by atoms with van der Waals surface area (Å²) in [7, 11) is 0. The molecule has 3 aromatic heterocycles. The van der Waals surface area contributed by atoms with Gasteiger partial charge < -0.3 is 41.7 Å². The van der Waals surface area contributed by atoms with Gasteiger partial charge in [0.1, 0.15) is 12.1 Å². The van der Waals surface area contributed by atoms with Crippen LogP contribution in [0.15, 0.2) is 145 Å². The van der Waals surface area contributed by atoms with E-state index in [4.69, 9.17) is 5.73 Å². The number of anilines is 2. The number of urea groups is 1. The Bertz CT molecular complexity index is 4090. The standard InChI is InChI=1S/C66H64F3N11O7/c1-41(2)61(64(86)75-54(16-10-29-72-65(70)87)63(85)71-30-28-59(83)79-40-47-14-4-3-11-42(47)20-21-43-12-6-8-17-55(43)79)76-57(81)18-9-19-58(82)78-33-31-77(32-34-78)56-26-24-49(37-51(56)66(67,68)69)80-60(84)27-23-46-38-74-53-25-22-44(36-50(53)62(46)80)48-35-45-13-5-7-15-52(45)73-39-48/h3-8,11-15,17,22-27,35-39,41,54,61H,9-10,16,18-19,28-34,40H2,1-2H3,(H,71,85)(H,75,86)(H,76,81)(H3,70,72,87)/t54-,61-/m0/s1. The van der Waals surface area contributed by atoms with Crippen molar-refractivity contribution < 1.29 is 41.9 Å².